The van der Waals surface area contributed by atoms with Crippen LogP contribution in [-0.4, -0.2) is 14.4 Å². The molecule has 0 saturated heterocycles. The Balaban J connectivity index is 1.72. The molecule has 0 aliphatic carbocycles. The van der Waals surface area contributed by atoms with E-state index in [9.17, 15) is 13.2 Å². The fourth-order valence-electron chi connectivity index (χ4n) is 2.13. The van der Waals surface area contributed by atoms with E-state index in [0.29, 0.717) is 22.6 Å². The van der Waals surface area contributed by atoms with Gasteiger partial charge >= 0.3 is 6.03 Å². The molecule has 0 aromatic heterocycles. The molecule has 1 aliphatic rings. The van der Waals surface area contributed by atoms with Gasteiger partial charge in [0.05, 0.1) is 17.1 Å². The van der Waals surface area contributed by atoms with Gasteiger partial charge in [-0.05, 0) is 45.8 Å². The second kappa shape index (κ2) is 5.62. The van der Waals surface area contributed by atoms with Gasteiger partial charge in [0, 0.05) is 10.2 Å². The van der Waals surface area contributed by atoms with Crippen LogP contribution in [0.15, 0.2) is 46.9 Å². The molecule has 0 radical (unpaired) electrons. The van der Waals surface area contributed by atoms with E-state index in [1.165, 1.54) is 0 Å². The second-order valence-corrected chi connectivity index (χ2v) is 7.37. The summed E-state index contributed by atoms with van der Waals surface area (Å²) in [7, 11) is -3.29. The first kappa shape index (κ1) is 14.9. The van der Waals surface area contributed by atoms with Crippen LogP contribution in [-0.2, 0) is 15.8 Å². The third-order valence-corrected chi connectivity index (χ3v) is 5.01. The predicted octanol–water partition coefficient (Wildman–Crippen LogP) is 3.35. The molecule has 0 atom stereocenters. The number of sulfonamides is 1. The maximum atomic E-state index is 12.0. The van der Waals surface area contributed by atoms with E-state index >= 15 is 0 Å². The molecule has 2 aromatic carbocycles. The largest absolute Gasteiger partial charge is 0.323 e. The smallest absolute Gasteiger partial charge is 0.308 e. The molecule has 22 heavy (non-hydrogen) atoms. The Morgan fingerprint density at radius 1 is 1.14 bits per heavy atom. The van der Waals surface area contributed by atoms with Gasteiger partial charge in [0.15, 0.2) is 0 Å². The Bertz CT molecular complexity index is 852. The lowest BCUT2D eigenvalue weighted by molar-refractivity contribution is 0.262. The lowest BCUT2D eigenvalue weighted by Gasteiger charge is -2.10. The highest BCUT2D eigenvalue weighted by Gasteiger charge is 2.23. The highest BCUT2D eigenvalue weighted by Crippen LogP contribution is 2.29. The number of carbonyl (C=O) groups excluding carboxylic acids is 1. The quantitative estimate of drug-likeness (QED) is 0.745. The molecular weight excluding hydrogens is 370 g/mol. The van der Waals surface area contributed by atoms with Gasteiger partial charge in [0.2, 0.25) is 10.0 Å². The Morgan fingerprint density at radius 2 is 1.91 bits per heavy atom. The molecular formula is C14H12BrN3O3S. The van der Waals surface area contributed by atoms with Crippen LogP contribution < -0.4 is 15.4 Å². The summed E-state index contributed by atoms with van der Waals surface area (Å²) in [5.74, 6) is -0.0359. The van der Waals surface area contributed by atoms with Gasteiger partial charge in [-0.25, -0.2) is 13.2 Å². The molecule has 2 aromatic rings. The zero-order valence-electron chi connectivity index (χ0n) is 11.3. The summed E-state index contributed by atoms with van der Waals surface area (Å²) in [5, 5.41) is 5.38. The number of benzene rings is 2. The van der Waals surface area contributed by atoms with Gasteiger partial charge in [-0.2, -0.15) is 0 Å². The highest BCUT2D eigenvalue weighted by atomic mass is 79.9. The van der Waals surface area contributed by atoms with E-state index in [4.69, 9.17) is 0 Å². The van der Waals surface area contributed by atoms with Gasteiger partial charge in [-0.3, -0.25) is 4.72 Å². The summed E-state index contributed by atoms with van der Waals surface area (Å²) in [5.41, 5.74) is 2.34. The summed E-state index contributed by atoms with van der Waals surface area (Å²) < 4.78 is 26.2. The fraction of sp³-hybridized carbons (Fsp3) is 0.0714. The van der Waals surface area contributed by atoms with E-state index in [1.807, 2.05) is 18.2 Å². The van der Waals surface area contributed by atoms with Crippen LogP contribution >= 0.6 is 15.9 Å². The normalized spacial score (nSPS) is 14.8. The van der Waals surface area contributed by atoms with Crippen molar-refractivity contribution in [2.24, 2.45) is 0 Å². The van der Waals surface area contributed by atoms with Crippen molar-refractivity contribution in [3.63, 3.8) is 0 Å². The Labute approximate surface area is 136 Å². The van der Waals surface area contributed by atoms with E-state index in [0.717, 1.165) is 4.47 Å². The number of carbonyl (C=O) groups is 1. The molecule has 0 bridgehead atoms. The summed E-state index contributed by atoms with van der Waals surface area (Å²) in [6.07, 6.45) is 0. The van der Waals surface area contributed by atoms with Crippen molar-refractivity contribution in [3.8, 4) is 0 Å². The number of para-hydroxylation sites is 1. The molecule has 1 aliphatic heterocycles. The minimum Gasteiger partial charge on any atom is -0.308 e. The van der Waals surface area contributed by atoms with Crippen LogP contribution in [0.3, 0.4) is 0 Å². The van der Waals surface area contributed by atoms with Gasteiger partial charge in [-0.1, -0.05) is 18.2 Å². The number of amides is 2. The first-order valence-corrected chi connectivity index (χ1v) is 8.83. The molecule has 114 valence electrons. The average Bonchev–Trinajstić information content (AvgIpc) is 2.74. The monoisotopic (exact) mass is 381 g/mol. The number of hydrogen-bond donors (Lipinski definition) is 3. The van der Waals surface area contributed by atoms with Crippen molar-refractivity contribution in [1.82, 2.24) is 0 Å². The van der Waals surface area contributed by atoms with E-state index < -0.39 is 16.1 Å². The summed E-state index contributed by atoms with van der Waals surface area (Å²) in [4.78, 5) is 12.0. The third kappa shape index (κ3) is 3.23. The van der Waals surface area contributed by atoms with Gasteiger partial charge in [0.25, 0.3) is 0 Å². The van der Waals surface area contributed by atoms with Crippen molar-refractivity contribution in [2.45, 2.75) is 5.75 Å². The lowest BCUT2D eigenvalue weighted by atomic mass is 10.2. The molecule has 0 fully saturated rings. The average molecular weight is 382 g/mol. The molecule has 3 N–H and O–H groups in total. The molecule has 1 heterocycles. The molecule has 6 nitrogen and oxygen atoms in total. The zero-order valence-corrected chi connectivity index (χ0v) is 13.7. The van der Waals surface area contributed by atoms with Crippen molar-refractivity contribution in [2.75, 3.05) is 15.4 Å². The maximum absolute atomic E-state index is 12.0. The number of urea groups is 1. The Hall–Kier alpha value is -2.06. The van der Waals surface area contributed by atoms with Crippen LogP contribution in [0.4, 0.5) is 21.9 Å². The number of halogens is 1. The number of fused-ring (bicyclic) bond motifs is 1. The Kier molecular flexibility index (Phi) is 3.79. The topological polar surface area (TPSA) is 87.3 Å². The number of hydrogen-bond acceptors (Lipinski definition) is 3. The summed E-state index contributed by atoms with van der Waals surface area (Å²) >= 11 is 3.34. The summed E-state index contributed by atoms with van der Waals surface area (Å²) in [6.45, 7) is 0. The molecule has 0 unspecified atom stereocenters. The van der Waals surface area contributed by atoms with E-state index in [2.05, 4.69) is 31.3 Å². The first-order valence-electron chi connectivity index (χ1n) is 6.39. The van der Waals surface area contributed by atoms with Gasteiger partial charge in [0.1, 0.15) is 0 Å². The van der Waals surface area contributed by atoms with Crippen LogP contribution in [0.5, 0.6) is 0 Å². The standard InChI is InChI=1S/C14H12BrN3O3S/c15-11-3-1-2-4-12(11)17-14(19)16-10-6-5-9-8-22(20,21)18-13(9)7-10/h1-7,18H,8H2,(H2,16,17,19). The minimum atomic E-state index is -3.29. The molecule has 8 heteroatoms. The maximum Gasteiger partial charge on any atom is 0.323 e. The highest BCUT2D eigenvalue weighted by molar-refractivity contribution is 9.10. The van der Waals surface area contributed by atoms with Crippen LogP contribution in [0.1, 0.15) is 5.56 Å². The van der Waals surface area contributed by atoms with E-state index in [-0.39, 0.29) is 5.75 Å². The minimum absolute atomic E-state index is 0.0359. The van der Waals surface area contributed by atoms with E-state index in [1.54, 1.807) is 24.3 Å². The van der Waals surface area contributed by atoms with Crippen molar-refractivity contribution in [3.05, 3.63) is 52.5 Å². The van der Waals surface area contributed by atoms with Gasteiger partial charge < -0.3 is 10.6 Å². The van der Waals surface area contributed by atoms with Crippen LogP contribution in [0, 0.1) is 0 Å². The van der Waals surface area contributed by atoms with Crippen LogP contribution in [0.2, 0.25) is 0 Å². The van der Waals surface area contributed by atoms with Crippen molar-refractivity contribution < 1.29 is 13.2 Å². The van der Waals surface area contributed by atoms with Crippen molar-refractivity contribution in [1.29, 1.82) is 0 Å². The Morgan fingerprint density at radius 3 is 2.68 bits per heavy atom. The lowest BCUT2D eigenvalue weighted by Crippen LogP contribution is -2.19. The number of nitrogens with one attached hydrogen (secondary N) is 3. The third-order valence-electron chi connectivity index (χ3n) is 3.10. The second-order valence-electron chi connectivity index (χ2n) is 4.79. The first-order chi connectivity index (χ1) is 10.4. The van der Waals surface area contributed by atoms with Gasteiger partial charge in [-0.15, -0.1) is 0 Å². The summed E-state index contributed by atoms with van der Waals surface area (Å²) in [6, 6.07) is 11.8. The van der Waals surface area contributed by atoms with Crippen LogP contribution in [0.25, 0.3) is 0 Å². The molecule has 3 rings (SSSR count). The van der Waals surface area contributed by atoms with Crippen molar-refractivity contribution >= 4 is 49.0 Å². The molecule has 0 saturated carbocycles. The number of anilines is 3. The predicted molar refractivity (Wildman–Crippen MR) is 89.5 cm³/mol. The SMILES string of the molecule is O=C(Nc1ccc2c(c1)NS(=O)(=O)C2)Nc1ccccc1Br. The fourth-order valence-corrected chi connectivity index (χ4v) is 3.77. The molecule has 2 amide bonds. The number of rotatable bonds is 2. The zero-order chi connectivity index (χ0) is 15.7. The molecule has 0 spiro atoms.